The fourth-order valence-corrected chi connectivity index (χ4v) is 3.16. The van der Waals surface area contributed by atoms with Crippen molar-refractivity contribution in [3.05, 3.63) is 100 Å². The number of aromatic amines is 1. The monoisotopic (exact) mass is 354 g/mol. The third-order valence-electron chi connectivity index (χ3n) is 4.56. The molecule has 4 nitrogen and oxygen atoms in total. The van der Waals surface area contributed by atoms with Crippen molar-refractivity contribution in [2.75, 3.05) is 5.32 Å². The molecule has 0 unspecified atom stereocenters. The van der Waals surface area contributed by atoms with Crippen molar-refractivity contribution in [2.45, 2.75) is 6.92 Å². The summed E-state index contributed by atoms with van der Waals surface area (Å²) in [6.45, 7) is 1.89. The fourth-order valence-electron chi connectivity index (χ4n) is 3.16. The van der Waals surface area contributed by atoms with Gasteiger partial charge in [-0.3, -0.25) is 9.59 Å². The predicted molar refractivity (Wildman–Crippen MR) is 109 cm³/mol. The lowest BCUT2D eigenvalue weighted by Gasteiger charge is -2.08. The Morgan fingerprint density at radius 1 is 0.852 bits per heavy atom. The maximum Gasteiger partial charge on any atom is 0.255 e. The molecule has 4 rings (SSSR count). The Hall–Kier alpha value is -3.66. The molecule has 3 aromatic carbocycles. The number of amides is 1. The zero-order chi connectivity index (χ0) is 18.8. The highest BCUT2D eigenvalue weighted by Gasteiger charge is 2.08. The standard InChI is InChI=1S/C23H18N2O2/c1-15-13-22(26)25-21-14-19(11-12-20(15)21)24-23(27)18-9-7-17(8-10-18)16-5-3-2-4-6-16/h2-14H,1H3,(H,24,27)(H,25,26). The topological polar surface area (TPSA) is 62.0 Å². The maximum absolute atomic E-state index is 12.5. The van der Waals surface area contributed by atoms with Crippen molar-refractivity contribution >= 4 is 22.5 Å². The Balaban J connectivity index is 1.57. The van der Waals surface area contributed by atoms with E-state index in [1.54, 1.807) is 12.1 Å². The summed E-state index contributed by atoms with van der Waals surface area (Å²) >= 11 is 0. The fraction of sp³-hybridized carbons (Fsp3) is 0.0435. The van der Waals surface area contributed by atoms with E-state index in [1.165, 1.54) is 0 Å². The highest BCUT2D eigenvalue weighted by Crippen LogP contribution is 2.21. The number of fused-ring (bicyclic) bond motifs is 1. The van der Waals surface area contributed by atoms with Crippen molar-refractivity contribution in [3.8, 4) is 11.1 Å². The van der Waals surface area contributed by atoms with Gasteiger partial charge in [-0.15, -0.1) is 0 Å². The Morgan fingerprint density at radius 3 is 2.30 bits per heavy atom. The van der Waals surface area contributed by atoms with Crippen LogP contribution in [0.25, 0.3) is 22.0 Å². The number of hydrogen-bond donors (Lipinski definition) is 2. The van der Waals surface area contributed by atoms with Crippen molar-refractivity contribution < 1.29 is 4.79 Å². The van der Waals surface area contributed by atoms with Crippen LogP contribution < -0.4 is 10.9 Å². The van der Waals surface area contributed by atoms with Gasteiger partial charge in [0.05, 0.1) is 5.52 Å². The lowest BCUT2D eigenvalue weighted by molar-refractivity contribution is 0.102. The molecule has 0 spiro atoms. The van der Waals surface area contributed by atoms with Crippen molar-refractivity contribution in [1.82, 2.24) is 4.98 Å². The molecule has 0 fully saturated rings. The van der Waals surface area contributed by atoms with E-state index in [0.29, 0.717) is 16.8 Å². The van der Waals surface area contributed by atoms with Crippen LogP contribution in [0.1, 0.15) is 15.9 Å². The first-order chi connectivity index (χ1) is 13.1. The summed E-state index contributed by atoms with van der Waals surface area (Å²) in [7, 11) is 0. The Bertz CT molecular complexity index is 1180. The molecule has 0 atom stereocenters. The largest absolute Gasteiger partial charge is 0.322 e. The summed E-state index contributed by atoms with van der Waals surface area (Å²) in [5.41, 5.74) is 4.85. The van der Waals surface area contributed by atoms with Crippen LogP contribution in [-0.4, -0.2) is 10.9 Å². The summed E-state index contributed by atoms with van der Waals surface area (Å²) in [5.74, 6) is -0.191. The lowest BCUT2D eigenvalue weighted by Crippen LogP contribution is -2.12. The van der Waals surface area contributed by atoms with Gasteiger partial charge in [0.15, 0.2) is 0 Å². The number of carbonyl (C=O) groups is 1. The predicted octanol–water partition coefficient (Wildman–Crippen LogP) is 4.76. The Labute approximate surface area is 156 Å². The molecule has 4 heteroatoms. The molecular weight excluding hydrogens is 336 g/mol. The van der Waals surface area contributed by atoms with E-state index < -0.39 is 0 Å². The smallest absolute Gasteiger partial charge is 0.255 e. The van der Waals surface area contributed by atoms with Gasteiger partial charge in [0, 0.05) is 22.7 Å². The van der Waals surface area contributed by atoms with Gasteiger partial charge >= 0.3 is 0 Å². The highest BCUT2D eigenvalue weighted by molar-refractivity contribution is 6.05. The molecule has 4 aromatic rings. The van der Waals surface area contributed by atoms with Gasteiger partial charge in [-0.05, 0) is 47.9 Å². The van der Waals surface area contributed by atoms with Crippen molar-refractivity contribution in [1.29, 1.82) is 0 Å². The second-order valence-electron chi connectivity index (χ2n) is 6.47. The zero-order valence-corrected chi connectivity index (χ0v) is 14.8. The number of benzene rings is 3. The van der Waals surface area contributed by atoms with Gasteiger partial charge in [0.25, 0.3) is 5.91 Å². The Kier molecular flexibility index (Phi) is 4.30. The second kappa shape index (κ2) is 6.92. The number of rotatable bonds is 3. The normalized spacial score (nSPS) is 10.7. The minimum absolute atomic E-state index is 0.153. The van der Waals surface area contributed by atoms with E-state index in [9.17, 15) is 9.59 Å². The van der Waals surface area contributed by atoms with Crippen LogP contribution in [0.2, 0.25) is 0 Å². The molecule has 132 valence electrons. The van der Waals surface area contributed by atoms with Crippen LogP contribution >= 0.6 is 0 Å². The Morgan fingerprint density at radius 2 is 1.56 bits per heavy atom. The number of pyridine rings is 1. The molecule has 0 aliphatic heterocycles. The van der Waals surface area contributed by atoms with Gasteiger partial charge < -0.3 is 10.3 Å². The average Bonchev–Trinajstić information content (AvgIpc) is 2.68. The number of carbonyl (C=O) groups excluding carboxylic acids is 1. The van der Waals surface area contributed by atoms with Crippen LogP contribution in [0.4, 0.5) is 5.69 Å². The van der Waals surface area contributed by atoms with Crippen LogP contribution in [-0.2, 0) is 0 Å². The number of nitrogens with one attached hydrogen (secondary N) is 2. The summed E-state index contributed by atoms with van der Waals surface area (Å²) in [4.78, 5) is 27.0. The molecule has 1 amide bonds. The number of H-pyrrole nitrogens is 1. The molecule has 0 bridgehead atoms. The lowest BCUT2D eigenvalue weighted by atomic mass is 10.0. The van der Waals surface area contributed by atoms with Crippen molar-refractivity contribution in [3.63, 3.8) is 0 Å². The summed E-state index contributed by atoms with van der Waals surface area (Å²) in [6.07, 6.45) is 0. The molecule has 27 heavy (non-hydrogen) atoms. The minimum atomic E-state index is -0.191. The summed E-state index contributed by atoms with van der Waals surface area (Å²) < 4.78 is 0. The van der Waals surface area contributed by atoms with Gasteiger partial charge in [-0.1, -0.05) is 48.5 Å². The van der Waals surface area contributed by atoms with E-state index in [0.717, 1.165) is 22.1 Å². The number of hydrogen-bond acceptors (Lipinski definition) is 2. The molecule has 0 aliphatic carbocycles. The van der Waals surface area contributed by atoms with Gasteiger partial charge in [-0.2, -0.15) is 0 Å². The third kappa shape index (κ3) is 3.51. The van der Waals surface area contributed by atoms with E-state index in [2.05, 4.69) is 10.3 Å². The first kappa shape index (κ1) is 16.8. The summed E-state index contributed by atoms with van der Waals surface area (Å²) in [6, 6.07) is 24.6. The van der Waals surface area contributed by atoms with E-state index in [-0.39, 0.29) is 11.5 Å². The van der Waals surface area contributed by atoms with E-state index in [4.69, 9.17) is 0 Å². The van der Waals surface area contributed by atoms with Crippen LogP contribution in [0, 0.1) is 6.92 Å². The van der Waals surface area contributed by atoms with Crippen molar-refractivity contribution in [2.24, 2.45) is 0 Å². The molecule has 0 radical (unpaired) electrons. The number of anilines is 1. The average molecular weight is 354 g/mol. The first-order valence-corrected chi connectivity index (χ1v) is 8.71. The van der Waals surface area contributed by atoms with E-state index in [1.807, 2.05) is 73.7 Å². The SMILES string of the molecule is Cc1cc(=O)[nH]c2cc(NC(=O)c3ccc(-c4ccccc4)cc3)ccc12. The van der Waals surface area contributed by atoms with Gasteiger partial charge in [0.1, 0.15) is 0 Å². The molecule has 0 aliphatic rings. The number of aromatic nitrogens is 1. The zero-order valence-electron chi connectivity index (χ0n) is 14.8. The second-order valence-corrected chi connectivity index (χ2v) is 6.47. The van der Waals surface area contributed by atoms with Crippen LogP contribution in [0.3, 0.4) is 0 Å². The molecule has 2 N–H and O–H groups in total. The maximum atomic E-state index is 12.5. The quantitative estimate of drug-likeness (QED) is 0.557. The van der Waals surface area contributed by atoms with Crippen LogP contribution in [0.15, 0.2) is 83.7 Å². The minimum Gasteiger partial charge on any atom is -0.322 e. The first-order valence-electron chi connectivity index (χ1n) is 8.71. The third-order valence-corrected chi connectivity index (χ3v) is 4.56. The van der Waals surface area contributed by atoms with Gasteiger partial charge in [-0.25, -0.2) is 0 Å². The molecule has 1 aromatic heterocycles. The molecule has 0 saturated carbocycles. The van der Waals surface area contributed by atoms with Crippen LogP contribution in [0.5, 0.6) is 0 Å². The molecule has 0 saturated heterocycles. The van der Waals surface area contributed by atoms with E-state index >= 15 is 0 Å². The highest BCUT2D eigenvalue weighted by atomic mass is 16.1. The number of aryl methyl sites for hydroxylation is 1. The molecule has 1 heterocycles. The van der Waals surface area contributed by atoms with Gasteiger partial charge in [0.2, 0.25) is 5.56 Å². The summed E-state index contributed by atoms with van der Waals surface area (Å²) in [5, 5.41) is 3.85. The molecular formula is C23H18N2O2.